The molecule has 0 saturated heterocycles. The van der Waals surface area contributed by atoms with Crippen molar-refractivity contribution in [2.24, 2.45) is 0 Å². The Balaban J connectivity index is 2.38. The standard InChI is InChI=1S/C13H9FN2O5/c14-9-3-8(4-10(5-9)16(20)21)6-15-2-1-12(17)11(7-15)13(18)19/h1-5,7H,6H2,(H,18,19). The van der Waals surface area contributed by atoms with E-state index in [9.17, 15) is 24.1 Å². The number of nitro groups is 1. The second-order valence-electron chi connectivity index (χ2n) is 4.28. The monoisotopic (exact) mass is 292 g/mol. The Morgan fingerprint density at radius 1 is 1.38 bits per heavy atom. The van der Waals surface area contributed by atoms with Crippen LogP contribution < -0.4 is 5.43 Å². The molecule has 1 aromatic carbocycles. The molecule has 0 unspecified atom stereocenters. The van der Waals surface area contributed by atoms with Crippen LogP contribution in [0.25, 0.3) is 0 Å². The van der Waals surface area contributed by atoms with Gasteiger partial charge in [-0.25, -0.2) is 9.18 Å². The molecule has 8 heteroatoms. The molecule has 1 N–H and O–H groups in total. The number of non-ortho nitro benzene ring substituents is 1. The quantitative estimate of drug-likeness (QED) is 0.681. The molecule has 2 rings (SSSR count). The number of rotatable bonds is 4. The van der Waals surface area contributed by atoms with E-state index in [2.05, 4.69) is 0 Å². The van der Waals surface area contributed by atoms with Gasteiger partial charge < -0.3 is 9.67 Å². The van der Waals surface area contributed by atoms with Gasteiger partial charge in [-0.05, 0) is 11.6 Å². The van der Waals surface area contributed by atoms with E-state index in [1.54, 1.807) is 0 Å². The summed E-state index contributed by atoms with van der Waals surface area (Å²) in [5.41, 5.74) is -1.20. The summed E-state index contributed by atoms with van der Waals surface area (Å²) in [6.45, 7) is -0.000833. The molecule has 0 aliphatic carbocycles. The highest BCUT2D eigenvalue weighted by atomic mass is 19.1. The minimum absolute atomic E-state index is 0.000833. The molecule has 0 saturated carbocycles. The Morgan fingerprint density at radius 2 is 2.10 bits per heavy atom. The lowest BCUT2D eigenvalue weighted by atomic mass is 10.2. The number of halogens is 1. The van der Waals surface area contributed by atoms with Crippen LogP contribution in [0.2, 0.25) is 0 Å². The third kappa shape index (κ3) is 3.30. The minimum Gasteiger partial charge on any atom is -0.477 e. The first-order valence-corrected chi connectivity index (χ1v) is 5.74. The zero-order valence-electron chi connectivity index (χ0n) is 10.5. The van der Waals surface area contributed by atoms with E-state index in [-0.39, 0.29) is 12.1 Å². The number of nitrogens with zero attached hydrogens (tertiary/aromatic N) is 2. The van der Waals surface area contributed by atoms with Gasteiger partial charge in [-0.2, -0.15) is 0 Å². The maximum atomic E-state index is 13.3. The van der Waals surface area contributed by atoms with Crippen molar-refractivity contribution in [3.8, 4) is 0 Å². The highest BCUT2D eigenvalue weighted by molar-refractivity contribution is 5.86. The summed E-state index contributed by atoms with van der Waals surface area (Å²) in [7, 11) is 0. The van der Waals surface area contributed by atoms with E-state index in [4.69, 9.17) is 5.11 Å². The molecule has 0 fully saturated rings. The first-order chi connectivity index (χ1) is 9.86. The van der Waals surface area contributed by atoms with Gasteiger partial charge >= 0.3 is 5.97 Å². The van der Waals surface area contributed by atoms with Crippen LogP contribution in [0.3, 0.4) is 0 Å². The van der Waals surface area contributed by atoms with Crippen molar-refractivity contribution in [1.29, 1.82) is 0 Å². The van der Waals surface area contributed by atoms with Crippen molar-refractivity contribution in [3.63, 3.8) is 0 Å². The van der Waals surface area contributed by atoms with Gasteiger partial charge in [0.15, 0.2) is 5.43 Å². The lowest BCUT2D eigenvalue weighted by Gasteiger charge is -2.07. The van der Waals surface area contributed by atoms with Crippen molar-refractivity contribution < 1.29 is 19.2 Å². The Labute approximate surface area is 117 Å². The van der Waals surface area contributed by atoms with Crippen LogP contribution in [0.1, 0.15) is 15.9 Å². The van der Waals surface area contributed by atoms with Gasteiger partial charge in [-0.15, -0.1) is 0 Å². The van der Waals surface area contributed by atoms with Gasteiger partial charge in [0.25, 0.3) is 5.69 Å². The lowest BCUT2D eigenvalue weighted by Crippen LogP contribution is -2.16. The SMILES string of the molecule is O=C(O)c1cn(Cc2cc(F)cc([N+](=O)[O-])c2)ccc1=O. The van der Waals surface area contributed by atoms with Crippen LogP contribution in [-0.4, -0.2) is 20.6 Å². The summed E-state index contributed by atoms with van der Waals surface area (Å²) in [5.74, 6) is -2.14. The Bertz CT molecular complexity index is 784. The molecule has 108 valence electrons. The summed E-state index contributed by atoms with van der Waals surface area (Å²) >= 11 is 0. The predicted molar refractivity (Wildman–Crippen MR) is 69.8 cm³/mol. The van der Waals surface area contributed by atoms with Gasteiger partial charge in [-0.3, -0.25) is 14.9 Å². The van der Waals surface area contributed by atoms with Gasteiger partial charge in [0.2, 0.25) is 0 Å². The first kappa shape index (κ1) is 14.4. The van der Waals surface area contributed by atoms with Crippen molar-refractivity contribution in [3.05, 3.63) is 73.9 Å². The van der Waals surface area contributed by atoms with E-state index in [0.29, 0.717) is 0 Å². The largest absolute Gasteiger partial charge is 0.477 e. The van der Waals surface area contributed by atoms with Crippen LogP contribution in [-0.2, 0) is 6.54 Å². The van der Waals surface area contributed by atoms with Crippen molar-refractivity contribution >= 4 is 11.7 Å². The van der Waals surface area contributed by atoms with E-state index in [1.807, 2.05) is 0 Å². The fourth-order valence-corrected chi connectivity index (χ4v) is 1.83. The molecule has 0 aliphatic heterocycles. The number of hydrogen-bond donors (Lipinski definition) is 1. The first-order valence-electron chi connectivity index (χ1n) is 5.74. The number of nitro benzene ring substituents is 1. The normalized spacial score (nSPS) is 10.3. The summed E-state index contributed by atoms with van der Waals surface area (Å²) in [6.07, 6.45) is 2.42. The second kappa shape index (κ2) is 5.53. The molecule has 0 aliphatic rings. The lowest BCUT2D eigenvalue weighted by molar-refractivity contribution is -0.385. The van der Waals surface area contributed by atoms with Gasteiger partial charge in [0.05, 0.1) is 11.0 Å². The summed E-state index contributed by atoms with van der Waals surface area (Å²) in [5, 5.41) is 19.5. The molecular formula is C13H9FN2O5. The summed E-state index contributed by atoms with van der Waals surface area (Å²) in [4.78, 5) is 32.1. The molecule has 1 heterocycles. The molecular weight excluding hydrogens is 283 g/mol. The van der Waals surface area contributed by atoms with E-state index in [0.717, 1.165) is 24.4 Å². The molecule has 7 nitrogen and oxygen atoms in total. The third-order valence-corrected chi connectivity index (χ3v) is 2.73. The summed E-state index contributed by atoms with van der Waals surface area (Å²) < 4.78 is 14.6. The number of hydrogen-bond acceptors (Lipinski definition) is 4. The van der Waals surface area contributed by atoms with E-state index < -0.39 is 33.4 Å². The van der Waals surface area contributed by atoms with Crippen LogP contribution >= 0.6 is 0 Å². The predicted octanol–water partition coefficient (Wildman–Crippen LogP) is 1.64. The zero-order valence-corrected chi connectivity index (χ0v) is 10.5. The maximum absolute atomic E-state index is 13.3. The van der Waals surface area contributed by atoms with Crippen molar-refractivity contribution in [2.75, 3.05) is 0 Å². The van der Waals surface area contributed by atoms with Crippen molar-refractivity contribution in [2.45, 2.75) is 6.54 Å². The van der Waals surface area contributed by atoms with Gasteiger partial charge in [-0.1, -0.05) is 0 Å². The fraction of sp³-hybridized carbons (Fsp3) is 0.0769. The van der Waals surface area contributed by atoms with Crippen molar-refractivity contribution in [1.82, 2.24) is 4.57 Å². The summed E-state index contributed by atoms with van der Waals surface area (Å²) in [6, 6.07) is 4.14. The van der Waals surface area contributed by atoms with Gasteiger partial charge in [0, 0.05) is 31.1 Å². The molecule has 1 aromatic heterocycles. The second-order valence-corrected chi connectivity index (χ2v) is 4.28. The minimum atomic E-state index is -1.38. The highest BCUT2D eigenvalue weighted by Crippen LogP contribution is 2.17. The number of carbonyl (C=O) groups is 1. The molecule has 0 bridgehead atoms. The topological polar surface area (TPSA) is 102 Å². The molecule has 21 heavy (non-hydrogen) atoms. The number of aromatic carboxylic acids is 1. The van der Waals surface area contributed by atoms with Crippen LogP contribution in [0.5, 0.6) is 0 Å². The molecule has 0 spiro atoms. The Kier molecular flexibility index (Phi) is 3.79. The number of pyridine rings is 1. The Morgan fingerprint density at radius 3 is 2.71 bits per heavy atom. The average molecular weight is 292 g/mol. The number of carboxylic acid groups (broad SMARTS) is 1. The molecule has 0 atom stereocenters. The van der Waals surface area contributed by atoms with Gasteiger partial charge in [0.1, 0.15) is 11.4 Å². The van der Waals surface area contributed by atoms with Crippen LogP contribution in [0.4, 0.5) is 10.1 Å². The zero-order chi connectivity index (χ0) is 15.6. The van der Waals surface area contributed by atoms with Crippen LogP contribution in [0.15, 0.2) is 41.5 Å². The van der Waals surface area contributed by atoms with E-state index >= 15 is 0 Å². The fourth-order valence-electron chi connectivity index (χ4n) is 1.83. The molecule has 2 aromatic rings. The third-order valence-electron chi connectivity index (χ3n) is 2.73. The molecule has 0 radical (unpaired) electrons. The number of aromatic nitrogens is 1. The smallest absolute Gasteiger partial charge is 0.341 e. The Hall–Kier alpha value is -3.03. The molecule has 0 amide bonds. The number of carboxylic acids is 1. The number of benzene rings is 1. The highest BCUT2D eigenvalue weighted by Gasteiger charge is 2.12. The maximum Gasteiger partial charge on any atom is 0.341 e. The van der Waals surface area contributed by atoms with Crippen LogP contribution in [0, 0.1) is 15.9 Å². The average Bonchev–Trinajstić information content (AvgIpc) is 2.40. The van der Waals surface area contributed by atoms with E-state index in [1.165, 1.54) is 16.8 Å².